The molecule has 17 heavy (non-hydrogen) atoms. The molecule has 0 aliphatic rings. The van der Waals surface area contributed by atoms with Crippen LogP contribution in [0.5, 0.6) is 0 Å². The first-order valence-corrected chi connectivity index (χ1v) is 4.86. The second kappa shape index (κ2) is 6.28. The molecule has 1 aromatic rings. The summed E-state index contributed by atoms with van der Waals surface area (Å²) in [7, 11) is 0. The van der Waals surface area contributed by atoms with E-state index in [1.807, 2.05) is 30.3 Å². The van der Waals surface area contributed by atoms with Gasteiger partial charge in [-0.2, -0.15) is 13.2 Å². The van der Waals surface area contributed by atoms with E-state index in [9.17, 15) is 13.2 Å². The zero-order valence-electron chi connectivity index (χ0n) is 8.87. The Bertz CT molecular complexity index is 390. The summed E-state index contributed by atoms with van der Waals surface area (Å²) in [5.74, 6) is 2.65. The average Bonchev–Trinajstić information content (AvgIpc) is 2.27. The van der Waals surface area contributed by atoms with Gasteiger partial charge in [0, 0.05) is 5.92 Å². The lowest BCUT2D eigenvalue weighted by Gasteiger charge is -2.05. The lowest BCUT2D eigenvalue weighted by atomic mass is 10.2. The van der Waals surface area contributed by atoms with E-state index in [-0.39, 0.29) is 13.2 Å². The second-order valence-electron chi connectivity index (χ2n) is 3.28. The number of aliphatic hydroxyl groups excluding tert-OH is 1. The van der Waals surface area contributed by atoms with Gasteiger partial charge in [-0.1, -0.05) is 36.3 Å². The molecule has 0 radical (unpaired) electrons. The molecule has 1 rings (SSSR count). The molecule has 0 aliphatic heterocycles. The number of rotatable bonds is 4. The van der Waals surface area contributed by atoms with Crippen LogP contribution in [-0.4, -0.2) is 24.0 Å². The van der Waals surface area contributed by atoms with E-state index in [1.165, 1.54) is 0 Å². The van der Waals surface area contributed by atoms with Crippen molar-refractivity contribution < 1.29 is 23.0 Å². The molecular weight excluding hydrogens is 233 g/mol. The maximum absolute atomic E-state index is 11.7. The summed E-state index contributed by atoms with van der Waals surface area (Å²) in [6.07, 6.45) is -6.01. The molecule has 0 fully saturated rings. The predicted octanol–water partition coefficient (Wildman–Crippen LogP) is 2.13. The highest BCUT2D eigenvalue weighted by Gasteiger charge is 2.23. The largest absolute Gasteiger partial charge is 0.457 e. The van der Waals surface area contributed by atoms with Gasteiger partial charge >= 0.3 is 6.18 Å². The monoisotopic (exact) mass is 244 g/mol. The van der Waals surface area contributed by atoms with Gasteiger partial charge in [-0.3, -0.25) is 0 Å². The van der Waals surface area contributed by atoms with Crippen LogP contribution < -0.4 is 0 Å². The van der Waals surface area contributed by atoms with Gasteiger partial charge in [-0.15, -0.1) is 0 Å². The Balaban J connectivity index is 2.29. The van der Waals surface area contributed by atoms with Crippen molar-refractivity contribution in [2.75, 3.05) is 6.61 Å². The lowest BCUT2D eigenvalue weighted by molar-refractivity contribution is -0.0701. The Morgan fingerprint density at radius 3 is 2.47 bits per heavy atom. The highest BCUT2D eigenvalue weighted by Crippen LogP contribution is 2.11. The Labute approximate surface area is 97.0 Å². The van der Waals surface area contributed by atoms with Gasteiger partial charge < -0.3 is 9.84 Å². The molecule has 0 bridgehead atoms. The van der Waals surface area contributed by atoms with Gasteiger partial charge in [0.1, 0.15) is 6.10 Å². The summed E-state index contributed by atoms with van der Waals surface area (Å²) >= 11 is 0. The van der Waals surface area contributed by atoms with Gasteiger partial charge in [0.2, 0.25) is 0 Å². The molecule has 0 unspecified atom stereocenters. The molecule has 0 saturated carbocycles. The first kappa shape index (κ1) is 13.6. The van der Waals surface area contributed by atoms with Crippen molar-refractivity contribution in [3.05, 3.63) is 35.9 Å². The summed E-state index contributed by atoms with van der Waals surface area (Å²) in [4.78, 5) is 0. The number of ether oxygens (including phenoxy) is 1. The van der Waals surface area contributed by atoms with Crippen LogP contribution in [0.2, 0.25) is 0 Å². The van der Waals surface area contributed by atoms with E-state index < -0.39 is 12.3 Å². The molecule has 0 heterocycles. The summed E-state index contributed by atoms with van der Waals surface area (Å²) in [6, 6.07) is 9.10. The third-order valence-corrected chi connectivity index (χ3v) is 1.77. The zero-order chi connectivity index (χ0) is 12.7. The smallest absolute Gasteiger partial charge is 0.378 e. The van der Waals surface area contributed by atoms with E-state index in [4.69, 9.17) is 9.84 Å². The number of alkyl halides is 3. The van der Waals surface area contributed by atoms with Crippen molar-refractivity contribution in [1.29, 1.82) is 0 Å². The molecule has 0 saturated heterocycles. The SMILES string of the molecule is O[C@H](C#CC(F)(F)F)COCc1ccccc1. The first-order chi connectivity index (χ1) is 7.97. The van der Waals surface area contributed by atoms with Crippen LogP contribution in [0.15, 0.2) is 30.3 Å². The number of hydrogen-bond donors (Lipinski definition) is 1. The van der Waals surface area contributed by atoms with Crippen LogP contribution >= 0.6 is 0 Å². The Morgan fingerprint density at radius 1 is 1.24 bits per heavy atom. The highest BCUT2D eigenvalue weighted by atomic mass is 19.4. The number of benzene rings is 1. The van der Waals surface area contributed by atoms with Crippen molar-refractivity contribution in [3.8, 4) is 11.8 Å². The maximum Gasteiger partial charge on any atom is 0.457 e. The van der Waals surface area contributed by atoms with Crippen LogP contribution in [0, 0.1) is 11.8 Å². The summed E-state index contributed by atoms with van der Waals surface area (Å²) in [5, 5.41) is 9.09. The van der Waals surface area contributed by atoms with Crippen LogP contribution in [0.4, 0.5) is 13.2 Å². The third-order valence-electron chi connectivity index (χ3n) is 1.77. The van der Waals surface area contributed by atoms with Gasteiger partial charge in [0.15, 0.2) is 0 Å². The molecule has 0 spiro atoms. The van der Waals surface area contributed by atoms with Gasteiger partial charge in [-0.05, 0) is 5.56 Å². The number of aliphatic hydroxyl groups is 1. The van der Waals surface area contributed by atoms with E-state index in [2.05, 4.69) is 0 Å². The van der Waals surface area contributed by atoms with Crippen molar-refractivity contribution >= 4 is 0 Å². The maximum atomic E-state index is 11.7. The van der Waals surface area contributed by atoms with Crippen LogP contribution in [-0.2, 0) is 11.3 Å². The lowest BCUT2D eigenvalue weighted by Crippen LogP contribution is -2.14. The second-order valence-corrected chi connectivity index (χ2v) is 3.28. The van der Waals surface area contributed by atoms with Crippen molar-refractivity contribution in [1.82, 2.24) is 0 Å². The van der Waals surface area contributed by atoms with Crippen molar-refractivity contribution in [3.63, 3.8) is 0 Å². The fraction of sp³-hybridized carbons (Fsp3) is 0.333. The summed E-state index contributed by atoms with van der Waals surface area (Å²) < 4.78 is 40.1. The number of hydrogen-bond acceptors (Lipinski definition) is 2. The minimum Gasteiger partial charge on any atom is -0.378 e. The molecule has 0 aliphatic carbocycles. The first-order valence-electron chi connectivity index (χ1n) is 4.86. The fourth-order valence-corrected chi connectivity index (χ4v) is 1.07. The van der Waals surface area contributed by atoms with Crippen molar-refractivity contribution in [2.24, 2.45) is 0 Å². The third kappa shape index (κ3) is 6.61. The average molecular weight is 244 g/mol. The highest BCUT2D eigenvalue weighted by molar-refractivity contribution is 5.13. The van der Waals surface area contributed by atoms with E-state index in [1.54, 1.807) is 5.92 Å². The molecule has 5 heteroatoms. The minimum atomic E-state index is -4.58. The predicted molar refractivity (Wildman–Crippen MR) is 55.9 cm³/mol. The Morgan fingerprint density at radius 2 is 1.88 bits per heavy atom. The molecule has 0 aromatic heterocycles. The Hall–Kier alpha value is -1.51. The summed E-state index contributed by atoms with van der Waals surface area (Å²) in [5.41, 5.74) is 0.878. The van der Waals surface area contributed by atoms with E-state index >= 15 is 0 Å². The van der Waals surface area contributed by atoms with Gasteiger partial charge in [0.25, 0.3) is 0 Å². The quantitative estimate of drug-likeness (QED) is 0.822. The normalized spacial score (nSPS) is 12.7. The zero-order valence-corrected chi connectivity index (χ0v) is 8.87. The molecule has 1 aromatic carbocycles. The standard InChI is InChI=1S/C12H11F3O2/c13-12(14,15)7-6-11(16)9-17-8-10-4-2-1-3-5-10/h1-5,11,16H,8-9H2/t11-/m1/s1. The molecule has 92 valence electrons. The Kier molecular flexibility index (Phi) is 5.01. The molecular formula is C12H11F3O2. The van der Waals surface area contributed by atoms with E-state index in [0.717, 1.165) is 11.5 Å². The van der Waals surface area contributed by atoms with Crippen molar-refractivity contribution in [2.45, 2.75) is 18.9 Å². The summed E-state index contributed by atoms with van der Waals surface area (Å²) in [6.45, 7) is -0.0242. The van der Waals surface area contributed by atoms with Gasteiger partial charge in [0.05, 0.1) is 13.2 Å². The topological polar surface area (TPSA) is 29.5 Å². The fourth-order valence-electron chi connectivity index (χ4n) is 1.07. The number of halogens is 3. The van der Waals surface area contributed by atoms with Crippen LogP contribution in [0.25, 0.3) is 0 Å². The molecule has 1 N–H and O–H groups in total. The molecule has 1 atom stereocenters. The van der Waals surface area contributed by atoms with Crippen LogP contribution in [0.1, 0.15) is 5.56 Å². The molecule has 2 nitrogen and oxygen atoms in total. The van der Waals surface area contributed by atoms with Crippen LogP contribution in [0.3, 0.4) is 0 Å². The van der Waals surface area contributed by atoms with Gasteiger partial charge in [-0.25, -0.2) is 0 Å². The van der Waals surface area contributed by atoms with E-state index in [0.29, 0.717) is 0 Å². The minimum absolute atomic E-state index is 0.228. The molecule has 0 amide bonds.